The first kappa shape index (κ1) is 20.2. The van der Waals surface area contributed by atoms with Gasteiger partial charge in [-0.1, -0.05) is 64.0 Å². The number of rotatable bonds is 15. The van der Waals surface area contributed by atoms with E-state index in [0.29, 0.717) is 12.8 Å². The minimum Gasteiger partial charge on any atom is -0.481 e. The molecule has 0 aromatic heterocycles. The van der Waals surface area contributed by atoms with Gasteiger partial charge in [0.1, 0.15) is 0 Å². The third kappa shape index (κ3) is 17.1. The molecule has 0 amide bonds. The third-order valence-electron chi connectivity index (χ3n) is 3.75. The Balaban J connectivity index is 3.23. The largest absolute Gasteiger partial charge is 0.481 e. The molecular weight excluding hydrogens is 264 g/mol. The standard InChI is InChI=1S/C18H34O3/c1-2-3-4-5-6-7-8-9-10-11-12-13-14-17(19)15-16-18(20)21/h11-12,17,19H,2-10,13-16H2,1H3,(H,20,21)/b12-11-. The normalized spacial score (nSPS) is 12.9. The van der Waals surface area contributed by atoms with Gasteiger partial charge in [0.25, 0.3) is 0 Å². The van der Waals surface area contributed by atoms with Gasteiger partial charge in [-0.15, -0.1) is 0 Å². The zero-order chi connectivity index (χ0) is 15.8. The Morgan fingerprint density at radius 2 is 1.48 bits per heavy atom. The highest BCUT2D eigenvalue weighted by atomic mass is 16.4. The second-order valence-corrected chi connectivity index (χ2v) is 5.90. The molecule has 3 nitrogen and oxygen atoms in total. The highest BCUT2D eigenvalue weighted by molar-refractivity contribution is 5.66. The molecule has 0 aliphatic heterocycles. The molecule has 1 atom stereocenters. The first-order chi connectivity index (χ1) is 10.2. The van der Waals surface area contributed by atoms with Crippen LogP contribution in [0.1, 0.15) is 90.4 Å². The van der Waals surface area contributed by atoms with Crippen LogP contribution in [0.15, 0.2) is 12.2 Å². The number of allylic oxidation sites excluding steroid dienone is 2. The predicted octanol–water partition coefficient (Wildman–Crippen LogP) is 5.08. The fraction of sp³-hybridized carbons (Fsp3) is 0.833. The maximum Gasteiger partial charge on any atom is 0.303 e. The van der Waals surface area contributed by atoms with Crippen LogP contribution in [0.25, 0.3) is 0 Å². The number of carboxylic acids is 1. The highest BCUT2D eigenvalue weighted by Gasteiger charge is 2.05. The molecule has 124 valence electrons. The number of aliphatic carboxylic acids is 1. The highest BCUT2D eigenvalue weighted by Crippen LogP contribution is 2.10. The molecular formula is C18H34O3. The molecule has 0 fully saturated rings. The van der Waals surface area contributed by atoms with Gasteiger partial charge in [0.2, 0.25) is 0 Å². The topological polar surface area (TPSA) is 57.5 Å². The number of aliphatic hydroxyl groups excluding tert-OH is 1. The lowest BCUT2D eigenvalue weighted by molar-refractivity contribution is -0.137. The van der Waals surface area contributed by atoms with Gasteiger partial charge in [0.05, 0.1) is 6.10 Å². The Hall–Kier alpha value is -0.830. The Kier molecular flexibility index (Phi) is 14.9. The van der Waals surface area contributed by atoms with Gasteiger partial charge >= 0.3 is 5.97 Å². The summed E-state index contributed by atoms with van der Waals surface area (Å²) in [5.41, 5.74) is 0. The summed E-state index contributed by atoms with van der Waals surface area (Å²) in [5.74, 6) is -0.834. The summed E-state index contributed by atoms with van der Waals surface area (Å²) in [5, 5.41) is 18.1. The van der Waals surface area contributed by atoms with E-state index in [1.54, 1.807) is 0 Å². The maximum absolute atomic E-state index is 10.4. The average molecular weight is 298 g/mol. The molecule has 3 heteroatoms. The molecule has 0 rings (SSSR count). The Morgan fingerprint density at radius 1 is 0.905 bits per heavy atom. The molecule has 1 unspecified atom stereocenters. The molecule has 0 saturated carbocycles. The average Bonchev–Trinajstić information content (AvgIpc) is 2.46. The van der Waals surface area contributed by atoms with Gasteiger partial charge in [-0.2, -0.15) is 0 Å². The summed E-state index contributed by atoms with van der Waals surface area (Å²) in [6, 6.07) is 0. The number of carboxylic acid groups (broad SMARTS) is 1. The van der Waals surface area contributed by atoms with E-state index >= 15 is 0 Å². The van der Waals surface area contributed by atoms with E-state index in [0.717, 1.165) is 12.8 Å². The summed E-state index contributed by atoms with van der Waals surface area (Å²) in [7, 11) is 0. The SMILES string of the molecule is CCCCCCCCCC/C=C\CCC(O)CCC(=O)O. The van der Waals surface area contributed by atoms with Crippen molar-refractivity contribution in [2.75, 3.05) is 0 Å². The van der Waals surface area contributed by atoms with Crippen molar-refractivity contribution in [3.05, 3.63) is 12.2 Å². The predicted molar refractivity (Wildman–Crippen MR) is 88.5 cm³/mol. The van der Waals surface area contributed by atoms with Gasteiger partial charge in [-0.25, -0.2) is 0 Å². The third-order valence-corrected chi connectivity index (χ3v) is 3.75. The maximum atomic E-state index is 10.4. The minimum absolute atomic E-state index is 0.0587. The smallest absolute Gasteiger partial charge is 0.303 e. The number of aliphatic hydroxyl groups is 1. The summed E-state index contributed by atoms with van der Waals surface area (Å²) in [6.07, 6.45) is 17.7. The van der Waals surface area contributed by atoms with Crippen molar-refractivity contribution in [1.82, 2.24) is 0 Å². The van der Waals surface area contributed by atoms with Crippen molar-refractivity contribution in [3.63, 3.8) is 0 Å². The van der Waals surface area contributed by atoms with Crippen molar-refractivity contribution < 1.29 is 15.0 Å². The van der Waals surface area contributed by atoms with Crippen molar-refractivity contribution >= 4 is 5.97 Å². The first-order valence-corrected chi connectivity index (χ1v) is 8.71. The van der Waals surface area contributed by atoms with E-state index < -0.39 is 12.1 Å². The van der Waals surface area contributed by atoms with Crippen molar-refractivity contribution in [2.24, 2.45) is 0 Å². The second kappa shape index (κ2) is 15.6. The number of carbonyl (C=O) groups is 1. The van der Waals surface area contributed by atoms with Crippen LogP contribution in [0.3, 0.4) is 0 Å². The molecule has 0 saturated heterocycles. The second-order valence-electron chi connectivity index (χ2n) is 5.90. The van der Waals surface area contributed by atoms with Crippen molar-refractivity contribution in [1.29, 1.82) is 0 Å². The fourth-order valence-corrected chi connectivity index (χ4v) is 2.35. The van der Waals surface area contributed by atoms with E-state index in [9.17, 15) is 9.90 Å². The Morgan fingerprint density at radius 3 is 2.10 bits per heavy atom. The van der Waals surface area contributed by atoms with Gasteiger partial charge in [-0.05, 0) is 32.1 Å². The lowest BCUT2D eigenvalue weighted by atomic mass is 10.1. The molecule has 0 spiro atoms. The minimum atomic E-state index is -0.834. The molecule has 0 aromatic rings. The van der Waals surface area contributed by atoms with Gasteiger partial charge in [-0.3, -0.25) is 4.79 Å². The van der Waals surface area contributed by atoms with Crippen molar-refractivity contribution in [3.8, 4) is 0 Å². The van der Waals surface area contributed by atoms with Crippen molar-refractivity contribution in [2.45, 2.75) is 96.5 Å². The van der Waals surface area contributed by atoms with Gasteiger partial charge in [0, 0.05) is 6.42 Å². The van der Waals surface area contributed by atoms with Crippen LogP contribution in [0.5, 0.6) is 0 Å². The molecule has 0 bridgehead atoms. The van der Waals surface area contributed by atoms with E-state index in [4.69, 9.17) is 5.11 Å². The molecule has 0 aromatic carbocycles. The van der Waals surface area contributed by atoms with Crippen LogP contribution in [0.4, 0.5) is 0 Å². The molecule has 21 heavy (non-hydrogen) atoms. The molecule has 0 aliphatic carbocycles. The quantitative estimate of drug-likeness (QED) is 0.327. The van der Waals surface area contributed by atoms with Crippen LogP contribution in [-0.4, -0.2) is 22.3 Å². The zero-order valence-electron chi connectivity index (χ0n) is 13.7. The van der Waals surface area contributed by atoms with Gasteiger partial charge < -0.3 is 10.2 Å². The zero-order valence-corrected chi connectivity index (χ0v) is 13.7. The Labute approximate surface area is 130 Å². The number of hydrogen-bond donors (Lipinski definition) is 2. The monoisotopic (exact) mass is 298 g/mol. The van der Waals surface area contributed by atoms with Crippen LogP contribution in [-0.2, 0) is 4.79 Å². The molecule has 0 aliphatic rings. The van der Waals surface area contributed by atoms with Crippen LogP contribution < -0.4 is 0 Å². The van der Waals surface area contributed by atoms with E-state index in [2.05, 4.69) is 19.1 Å². The summed E-state index contributed by atoms with van der Waals surface area (Å²) < 4.78 is 0. The lowest BCUT2D eigenvalue weighted by Gasteiger charge is -2.06. The van der Waals surface area contributed by atoms with Crippen LogP contribution >= 0.6 is 0 Å². The Bertz CT molecular complexity index is 261. The van der Waals surface area contributed by atoms with E-state index in [1.807, 2.05) is 0 Å². The molecule has 2 N–H and O–H groups in total. The van der Waals surface area contributed by atoms with Crippen LogP contribution in [0.2, 0.25) is 0 Å². The molecule has 0 radical (unpaired) electrons. The summed E-state index contributed by atoms with van der Waals surface area (Å²) in [6.45, 7) is 2.25. The first-order valence-electron chi connectivity index (χ1n) is 8.71. The van der Waals surface area contributed by atoms with Gasteiger partial charge in [0.15, 0.2) is 0 Å². The molecule has 0 heterocycles. The van der Waals surface area contributed by atoms with E-state index in [1.165, 1.54) is 51.4 Å². The summed E-state index contributed by atoms with van der Waals surface area (Å²) in [4.78, 5) is 10.4. The summed E-state index contributed by atoms with van der Waals surface area (Å²) >= 11 is 0. The van der Waals surface area contributed by atoms with E-state index in [-0.39, 0.29) is 6.42 Å². The number of hydrogen-bond acceptors (Lipinski definition) is 2. The fourth-order valence-electron chi connectivity index (χ4n) is 2.35. The lowest BCUT2D eigenvalue weighted by Crippen LogP contribution is -2.08. The number of unbranched alkanes of at least 4 members (excludes halogenated alkanes) is 8. The van der Waals surface area contributed by atoms with Crippen LogP contribution in [0, 0.1) is 0 Å².